The summed E-state index contributed by atoms with van der Waals surface area (Å²) < 4.78 is 0. The fraction of sp³-hybridized carbons (Fsp3) is 0.571. The van der Waals surface area contributed by atoms with Crippen LogP contribution in [-0.4, -0.2) is 22.8 Å². The van der Waals surface area contributed by atoms with Crippen molar-refractivity contribution in [3.63, 3.8) is 0 Å². The van der Waals surface area contributed by atoms with Crippen LogP contribution in [0.25, 0.3) is 0 Å². The van der Waals surface area contributed by atoms with E-state index in [4.69, 9.17) is 23.2 Å². The largest absolute Gasteiger partial charge is 0.296 e. The van der Waals surface area contributed by atoms with E-state index in [1.165, 1.54) is 32.2 Å². The molecule has 1 heterocycles. The number of rotatable bonds is 5. The zero-order valence-corrected chi connectivity index (χ0v) is 13.4. The molecule has 1 nitrogen and oxygen atoms in total. The fourth-order valence-electron chi connectivity index (χ4n) is 2.63. The summed E-state index contributed by atoms with van der Waals surface area (Å²) in [6.07, 6.45) is 5.12. The molecule has 1 aliphatic rings. The number of hydrogen-bond donors (Lipinski definition) is 0. The summed E-state index contributed by atoms with van der Waals surface area (Å²) in [6.45, 7) is 2.10. The Morgan fingerprint density at radius 3 is 2.94 bits per heavy atom. The van der Waals surface area contributed by atoms with E-state index in [0.717, 1.165) is 17.4 Å². The Morgan fingerprint density at radius 2 is 2.17 bits per heavy atom. The Morgan fingerprint density at radius 1 is 1.33 bits per heavy atom. The highest BCUT2D eigenvalue weighted by Gasteiger charge is 2.24. The Labute approximate surface area is 128 Å². The normalized spacial score (nSPS) is 20.5. The molecule has 1 aliphatic heterocycles. The Hall–Kier alpha value is 0.240. The lowest BCUT2D eigenvalue weighted by Gasteiger charge is -2.24. The average molecular weight is 351 g/mol. The predicted octanol–water partition coefficient (Wildman–Crippen LogP) is 5.13. The second-order valence-corrected chi connectivity index (χ2v) is 6.39. The first-order valence-corrected chi connectivity index (χ1v) is 8.33. The lowest BCUT2D eigenvalue weighted by atomic mass is 10.1. The molecule has 0 aliphatic carbocycles. The fourth-order valence-corrected chi connectivity index (χ4v) is 3.34. The quantitative estimate of drug-likeness (QED) is 0.665. The van der Waals surface area contributed by atoms with Gasteiger partial charge in [-0.15, -0.1) is 0 Å². The summed E-state index contributed by atoms with van der Waals surface area (Å²) >= 11 is 15.8. The lowest BCUT2D eigenvalue weighted by molar-refractivity contribution is 0.234. The number of alkyl halides is 1. The Kier molecular flexibility index (Phi) is 5.81. The van der Waals surface area contributed by atoms with Gasteiger partial charge in [-0.3, -0.25) is 4.90 Å². The van der Waals surface area contributed by atoms with Crippen LogP contribution in [0.3, 0.4) is 0 Å². The third kappa shape index (κ3) is 3.63. The van der Waals surface area contributed by atoms with Gasteiger partial charge in [-0.2, -0.15) is 0 Å². The number of hydrogen-bond acceptors (Lipinski definition) is 1. The van der Waals surface area contributed by atoms with Gasteiger partial charge in [-0.1, -0.05) is 51.3 Å². The number of likely N-dealkylation sites (tertiary alicyclic amines) is 1. The van der Waals surface area contributed by atoms with Crippen molar-refractivity contribution >= 4 is 39.1 Å². The molecule has 4 heteroatoms. The standard InChI is InChI=1S/C14H18BrCl2N/c15-8-2-5-12-6-3-9-18(12)10-11-4-1-7-13(16)14(11)17/h1,4,7,12H,2-3,5-6,8-10H2. The van der Waals surface area contributed by atoms with E-state index in [9.17, 15) is 0 Å². The molecule has 1 fully saturated rings. The minimum absolute atomic E-state index is 0.658. The van der Waals surface area contributed by atoms with E-state index in [1.807, 2.05) is 12.1 Å². The van der Waals surface area contributed by atoms with Crippen LogP contribution in [0.1, 0.15) is 31.2 Å². The summed E-state index contributed by atoms with van der Waals surface area (Å²) in [4.78, 5) is 2.54. The first-order chi connectivity index (χ1) is 8.72. The van der Waals surface area contributed by atoms with Crippen LogP contribution in [0.2, 0.25) is 10.0 Å². The molecule has 0 amide bonds. The summed E-state index contributed by atoms with van der Waals surface area (Å²) in [5.74, 6) is 0. The van der Waals surface area contributed by atoms with Gasteiger partial charge < -0.3 is 0 Å². The molecule has 2 rings (SSSR count). The van der Waals surface area contributed by atoms with Gasteiger partial charge in [-0.25, -0.2) is 0 Å². The third-order valence-corrected chi connectivity index (χ3v) is 4.99. The van der Waals surface area contributed by atoms with E-state index in [-0.39, 0.29) is 0 Å². The van der Waals surface area contributed by atoms with Crippen LogP contribution < -0.4 is 0 Å². The SMILES string of the molecule is Clc1cccc(CN2CCCC2CCCBr)c1Cl. The second kappa shape index (κ2) is 7.14. The molecule has 18 heavy (non-hydrogen) atoms. The van der Waals surface area contributed by atoms with Crippen molar-refractivity contribution in [3.05, 3.63) is 33.8 Å². The van der Waals surface area contributed by atoms with E-state index in [1.54, 1.807) is 0 Å². The van der Waals surface area contributed by atoms with Gasteiger partial charge in [0.25, 0.3) is 0 Å². The molecule has 0 N–H and O–H groups in total. The molecule has 1 atom stereocenters. The molecule has 1 saturated heterocycles. The molecule has 0 bridgehead atoms. The highest BCUT2D eigenvalue weighted by atomic mass is 79.9. The van der Waals surface area contributed by atoms with Crippen molar-refractivity contribution in [1.29, 1.82) is 0 Å². The monoisotopic (exact) mass is 349 g/mol. The lowest BCUT2D eigenvalue weighted by Crippen LogP contribution is -2.29. The molecular weight excluding hydrogens is 333 g/mol. The van der Waals surface area contributed by atoms with E-state index < -0.39 is 0 Å². The highest BCUT2D eigenvalue weighted by molar-refractivity contribution is 9.09. The third-order valence-electron chi connectivity index (χ3n) is 3.58. The van der Waals surface area contributed by atoms with Gasteiger partial charge in [0.05, 0.1) is 10.0 Å². The van der Waals surface area contributed by atoms with Gasteiger partial charge in [0.1, 0.15) is 0 Å². The van der Waals surface area contributed by atoms with Crippen LogP contribution in [0.5, 0.6) is 0 Å². The van der Waals surface area contributed by atoms with E-state index >= 15 is 0 Å². The maximum Gasteiger partial charge on any atom is 0.0637 e. The van der Waals surface area contributed by atoms with E-state index in [0.29, 0.717) is 16.1 Å². The van der Waals surface area contributed by atoms with Crippen LogP contribution in [-0.2, 0) is 6.54 Å². The van der Waals surface area contributed by atoms with Crippen LogP contribution in [0.15, 0.2) is 18.2 Å². The summed E-state index contributed by atoms with van der Waals surface area (Å²) in [6, 6.07) is 6.61. The van der Waals surface area contributed by atoms with Crippen LogP contribution >= 0.6 is 39.1 Å². The molecule has 0 aromatic heterocycles. The first kappa shape index (κ1) is 14.6. The van der Waals surface area contributed by atoms with Crippen molar-refractivity contribution in [3.8, 4) is 0 Å². The molecule has 0 radical (unpaired) electrons. The van der Waals surface area contributed by atoms with E-state index in [2.05, 4.69) is 26.9 Å². The highest BCUT2D eigenvalue weighted by Crippen LogP contribution is 2.29. The Balaban J connectivity index is 2.01. The number of benzene rings is 1. The van der Waals surface area contributed by atoms with Crippen molar-refractivity contribution in [2.24, 2.45) is 0 Å². The van der Waals surface area contributed by atoms with Gasteiger partial charge in [0, 0.05) is 17.9 Å². The number of halogens is 3. The van der Waals surface area contributed by atoms with Crippen LogP contribution in [0, 0.1) is 0 Å². The molecule has 100 valence electrons. The molecule has 1 unspecified atom stereocenters. The van der Waals surface area contributed by atoms with Crippen molar-refractivity contribution in [2.45, 2.75) is 38.3 Å². The molecular formula is C14H18BrCl2N. The summed E-state index contributed by atoms with van der Waals surface area (Å²) in [5.41, 5.74) is 1.15. The van der Waals surface area contributed by atoms with Crippen molar-refractivity contribution < 1.29 is 0 Å². The maximum absolute atomic E-state index is 6.26. The maximum atomic E-state index is 6.26. The predicted molar refractivity (Wildman–Crippen MR) is 82.9 cm³/mol. The van der Waals surface area contributed by atoms with Crippen molar-refractivity contribution in [1.82, 2.24) is 4.90 Å². The average Bonchev–Trinajstić information content (AvgIpc) is 2.80. The summed E-state index contributed by atoms with van der Waals surface area (Å²) in [7, 11) is 0. The van der Waals surface area contributed by atoms with Gasteiger partial charge in [0.15, 0.2) is 0 Å². The number of nitrogens with zero attached hydrogens (tertiary/aromatic N) is 1. The minimum Gasteiger partial charge on any atom is -0.296 e. The molecule has 1 aromatic rings. The van der Waals surface area contributed by atoms with Gasteiger partial charge in [-0.05, 0) is 43.9 Å². The smallest absolute Gasteiger partial charge is 0.0637 e. The Bertz CT molecular complexity index is 397. The second-order valence-electron chi connectivity index (χ2n) is 4.81. The summed E-state index contributed by atoms with van der Waals surface area (Å²) in [5, 5.41) is 2.46. The molecule has 0 saturated carbocycles. The van der Waals surface area contributed by atoms with Crippen molar-refractivity contribution in [2.75, 3.05) is 11.9 Å². The molecule has 0 spiro atoms. The molecule has 1 aromatic carbocycles. The minimum atomic E-state index is 0.658. The van der Waals surface area contributed by atoms with Gasteiger partial charge in [0.2, 0.25) is 0 Å². The van der Waals surface area contributed by atoms with Crippen LogP contribution in [0.4, 0.5) is 0 Å². The topological polar surface area (TPSA) is 3.24 Å². The van der Waals surface area contributed by atoms with Gasteiger partial charge >= 0.3 is 0 Å². The first-order valence-electron chi connectivity index (χ1n) is 6.45. The zero-order valence-electron chi connectivity index (χ0n) is 10.3. The zero-order chi connectivity index (χ0) is 13.0.